The highest BCUT2D eigenvalue weighted by atomic mass is 16.5. The molecule has 1 aliphatic rings. The second kappa shape index (κ2) is 9.86. The van der Waals surface area contributed by atoms with Gasteiger partial charge in [-0.05, 0) is 49.9 Å². The molecule has 0 saturated carbocycles. The molecule has 0 spiro atoms. The Morgan fingerprint density at radius 3 is 2.81 bits per heavy atom. The fourth-order valence-corrected chi connectivity index (χ4v) is 4.37. The summed E-state index contributed by atoms with van der Waals surface area (Å²) in [7, 11) is 1.66. The van der Waals surface area contributed by atoms with E-state index in [4.69, 9.17) is 14.5 Å². The number of likely N-dealkylation sites (tertiary alicyclic amines) is 1. The number of carbonyl (C=O) groups excluding carboxylic acids is 1. The number of hydrogen-bond acceptors (Lipinski definition) is 4. The van der Waals surface area contributed by atoms with Gasteiger partial charge in [0.1, 0.15) is 17.3 Å². The van der Waals surface area contributed by atoms with E-state index in [9.17, 15) is 4.79 Å². The molecule has 3 aromatic rings. The van der Waals surface area contributed by atoms with Crippen LogP contribution in [-0.4, -0.2) is 40.6 Å². The van der Waals surface area contributed by atoms with Gasteiger partial charge in [0, 0.05) is 25.6 Å². The molecule has 6 heteroatoms. The highest BCUT2D eigenvalue weighted by Crippen LogP contribution is 2.34. The van der Waals surface area contributed by atoms with Gasteiger partial charge in [-0.15, -0.1) is 0 Å². The zero-order chi connectivity index (χ0) is 21.6. The van der Waals surface area contributed by atoms with Crippen molar-refractivity contribution in [1.29, 1.82) is 0 Å². The lowest BCUT2D eigenvalue weighted by Crippen LogP contribution is -2.31. The molecule has 1 saturated heterocycles. The fourth-order valence-electron chi connectivity index (χ4n) is 4.37. The quantitative estimate of drug-likeness (QED) is 0.457. The number of nitrogens with zero attached hydrogens (tertiary/aromatic N) is 3. The Bertz CT molecular complexity index is 1030. The maximum absolute atomic E-state index is 12.5. The van der Waals surface area contributed by atoms with Gasteiger partial charge in [-0.25, -0.2) is 4.98 Å². The van der Waals surface area contributed by atoms with E-state index in [0.29, 0.717) is 13.0 Å². The van der Waals surface area contributed by atoms with E-state index in [-0.39, 0.29) is 11.9 Å². The van der Waals surface area contributed by atoms with Crippen LogP contribution in [0.5, 0.6) is 11.5 Å². The third kappa shape index (κ3) is 4.68. The summed E-state index contributed by atoms with van der Waals surface area (Å²) in [6, 6.07) is 16.0. The molecule has 1 fully saturated rings. The van der Waals surface area contributed by atoms with Crippen molar-refractivity contribution in [2.45, 2.75) is 51.6 Å². The maximum atomic E-state index is 12.5. The Morgan fingerprint density at radius 1 is 1.13 bits per heavy atom. The number of methoxy groups -OCH3 is 1. The molecular weight excluding hydrogens is 390 g/mol. The number of aryl methyl sites for hydroxylation is 1. The van der Waals surface area contributed by atoms with E-state index < -0.39 is 0 Å². The molecule has 0 aliphatic carbocycles. The van der Waals surface area contributed by atoms with Crippen LogP contribution in [0.1, 0.15) is 50.9 Å². The third-order valence-corrected chi connectivity index (χ3v) is 5.94. The molecule has 6 nitrogen and oxygen atoms in total. The lowest BCUT2D eigenvalue weighted by Gasteiger charge is -2.25. The fraction of sp³-hybridized carbons (Fsp3) is 0.440. The Balaban J connectivity index is 1.44. The van der Waals surface area contributed by atoms with E-state index in [1.165, 1.54) is 0 Å². The molecule has 4 rings (SSSR count). The summed E-state index contributed by atoms with van der Waals surface area (Å²) in [5.74, 6) is 2.87. The minimum Gasteiger partial charge on any atom is -0.497 e. The first kappa shape index (κ1) is 21.2. The summed E-state index contributed by atoms with van der Waals surface area (Å²) in [6.45, 7) is 4.28. The first-order chi connectivity index (χ1) is 15.2. The Kier molecular flexibility index (Phi) is 6.75. The van der Waals surface area contributed by atoms with Crippen LogP contribution in [-0.2, 0) is 11.3 Å². The van der Waals surface area contributed by atoms with Crippen LogP contribution >= 0.6 is 0 Å². The standard InChI is InChI=1S/C25H31N3O3/c1-3-24(29)27-16-9-14-23(27)25-26-21-12-4-5-13-22(21)28(25)15-6-7-17-31-20-11-8-10-19(18-20)30-2/h4-5,8,10-13,18,23H,3,6-7,9,14-17H2,1-2H3/t23-/m1/s1. The number of imidazole rings is 1. The number of fused-ring (bicyclic) bond motifs is 1. The van der Waals surface area contributed by atoms with Crippen LogP contribution in [0, 0.1) is 0 Å². The molecule has 1 atom stereocenters. The topological polar surface area (TPSA) is 56.6 Å². The smallest absolute Gasteiger partial charge is 0.222 e. The number of rotatable bonds is 9. The van der Waals surface area contributed by atoms with Crippen molar-refractivity contribution in [3.8, 4) is 11.5 Å². The first-order valence-corrected chi connectivity index (χ1v) is 11.2. The Labute approximate surface area is 183 Å². The van der Waals surface area contributed by atoms with Crippen molar-refractivity contribution < 1.29 is 14.3 Å². The minimum absolute atomic E-state index is 0.0767. The largest absolute Gasteiger partial charge is 0.497 e. The van der Waals surface area contributed by atoms with Crippen LogP contribution < -0.4 is 9.47 Å². The predicted octanol–water partition coefficient (Wildman–Crippen LogP) is 4.98. The van der Waals surface area contributed by atoms with Crippen LogP contribution in [0.4, 0.5) is 0 Å². The molecule has 1 amide bonds. The summed E-state index contributed by atoms with van der Waals surface area (Å²) in [6.07, 6.45) is 4.47. The number of carbonyl (C=O) groups is 1. The molecule has 2 heterocycles. The zero-order valence-corrected chi connectivity index (χ0v) is 18.4. The lowest BCUT2D eigenvalue weighted by atomic mass is 10.2. The molecule has 164 valence electrons. The monoisotopic (exact) mass is 421 g/mol. The molecule has 1 aromatic heterocycles. The van der Waals surface area contributed by atoms with Crippen LogP contribution in [0.15, 0.2) is 48.5 Å². The second-order valence-electron chi connectivity index (χ2n) is 7.94. The summed E-state index contributed by atoms with van der Waals surface area (Å²) in [4.78, 5) is 19.4. The second-order valence-corrected chi connectivity index (χ2v) is 7.94. The van der Waals surface area contributed by atoms with Gasteiger partial charge in [-0.1, -0.05) is 25.1 Å². The van der Waals surface area contributed by atoms with Crippen LogP contribution in [0.25, 0.3) is 11.0 Å². The van der Waals surface area contributed by atoms with Crippen molar-refractivity contribution in [3.05, 3.63) is 54.4 Å². The number of unbranched alkanes of at least 4 members (excludes halogenated alkanes) is 1. The highest BCUT2D eigenvalue weighted by molar-refractivity contribution is 5.78. The van der Waals surface area contributed by atoms with Crippen molar-refractivity contribution in [2.24, 2.45) is 0 Å². The summed E-state index contributed by atoms with van der Waals surface area (Å²) < 4.78 is 13.5. The normalized spacial score (nSPS) is 16.1. The van der Waals surface area contributed by atoms with Gasteiger partial charge in [0.05, 0.1) is 30.8 Å². The number of amides is 1. The summed E-state index contributed by atoms with van der Waals surface area (Å²) >= 11 is 0. The Hall–Kier alpha value is -3.02. The van der Waals surface area contributed by atoms with Crippen LogP contribution in [0.2, 0.25) is 0 Å². The molecular formula is C25H31N3O3. The molecule has 0 radical (unpaired) electrons. The summed E-state index contributed by atoms with van der Waals surface area (Å²) in [5.41, 5.74) is 2.14. The molecule has 0 unspecified atom stereocenters. The SMILES string of the molecule is CCC(=O)N1CCC[C@@H]1c1nc2ccccc2n1CCCCOc1cccc(OC)c1. The Morgan fingerprint density at radius 2 is 1.97 bits per heavy atom. The van der Waals surface area contributed by atoms with Gasteiger partial charge >= 0.3 is 0 Å². The molecule has 0 N–H and O–H groups in total. The molecule has 2 aromatic carbocycles. The molecule has 1 aliphatic heterocycles. The van der Waals surface area contributed by atoms with Gasteiger partial charge in [-0.2, -0.15) is 0 Å². The maximum Gasteiger partial charge on any atom is 0.222 e. The van der Waals surface area contributed by atoms with Gasteiger partial charge in [-0.3, -0.25) is 4.79 Å². The summed E-state index contributed by atoms with van der Waals surface area (Å²) in [5, 5.41) is 0. The number of ether oxygens (including phenoxy) is 2. The average Bonchev–Trinajstić information content (AvgIpc) is 3.43. The molecule has 31 heavy (non-hydrogen) atoms. The van der Waals surface area contributed by atoms with Crippen molar-refractivity contribution in [1.82, 2.24) is 14.5 Å². The molecule has 0 bridgehead atoms. The number of aromatic nitrogens is 2. The highest BCUT2D eigenvalue weighted by Gasteiger charge is 2.32. The van der Waals surface area contributed by atoms with Crippen molar-refractivity contribution in [2.75, 3.05) is 20.3 Å². The average molecular weight is 422 g/mol. The number of benzene rings is 2. The minimum atomic E-state index is 0.0767. The van der Waals surface area contributed by atoms with Gasteiger partial charge < -0.3 is 18.9 Å². The van der Waals surface area contributed by atoms with E-state index in [0.717, 1.165) is 67.1 Å². The first-order valence-electron chi connectivity index (χ1n) is 11.2. The van der Waals surface area contributed by atoms with Gasteiger partial charge in [0.15, 0.2) is 0 Å². The van der Waals surface area contributed by atoms with Crippen LogP contribution in [0.3, 0.4) is 0 Å². The van der Waals surface area contributed by atoms with Crippen molar-refractivity contribution in [3.63, 3.8) is 0 Å². The van der Waals surface area contributed by atoms with Gasteiger partial charge in [0.25, 0.3) is 0 Å². The van der Waals surface area contributed by atoms with E-state index in [2.05, 4.69) is 22.8 Å². The third-order valence-electron chi connectivity index (χ3n) is 5.94. The van der Waals surface area contributed by atoms with Gasteiger partial charge in [0.2, 0.25) is 5.91 Å². The predicted molar refractivity (Wildman–Crippen MR) is 121 cm³/mol. The van der Waals surface area contributed by atoms with E-state index in [1.807, 2.05) is 42.2 Å². The lowest BCUT2D eigenvalue weighted by molar-refractivity contribution is -0.131. The van der Waals surface area contributed by atoms with E-state index in [1.54, 1.807) is 7.11 Å². The number of hydrogen-bond donors (Lipinski definition) is 0. The van der Waals surface area contributed by atoms with E-state index >= 15 is 0 Å². The zero-order valence-electron chi connectivity index (χ0n) is 18.4. The van der Waals surface area contributed by atoms with Crippen molar-refractivity contribution >= 4 is 16.9 Å². The number of para-hydroxylation sites is 2.